The lowest BCUT2D eigenvalue weighted by molar-refractivity contribution is 0.101. The third-order valence-electron chi connectivity index (χ3n) is 3.65. The molecule has 0 aliphatic rings. The lowest BCUT2D eigenvalue weighted by atomic mass is 9.85. The first-order chi connectivity index (χ1) is 8.45. The number of carbonyl (C=O) groups is 1. The summed E-state index contributed by atoms with van der Waals surface area (Å²) >= 11 is 0. The number of Topliss-reactive ketones (excluding diaryl/α,β-unsaturated/α-hetero) is 1. The van der Waals surface area contributed by atoms with E-state index in [9.17, 15) is 4.79 Å². The maximum atomic E-state index is 11.4. The van der Waals surface area contributed by atoms with Crippen LogP contribution in [0.3, 0.4) is 0 Å². The summed E-state index contributed by atoms with van der Waals surface area (Å²) in [4.78, 5) is 11.4. The molecule has 0 aliphatic carbocycles. The molecule has 98 valence electrons. The van der Waals surface area contributed by atoms with Gasteiger partial charge in [-0.2, -0.15) is 0 Å². The molecule has 1 heteroatoms. The molecule has 0 aromatic heterocycles. The summed E-state index contributed by atoms with van der Waals surface area (Å²) < 4.78 is 0. The Morgan fingerprint density at radius 3 is 2.56 bits per heavy atom. The molecule has 0 fully saturated rings. The van der Waals surface area contributed by atoms with E-state index in [0.717, 1.165) is 18.4 Å². The van der Waals surface area contributed by atoms with Crippen LogP contribution in [-0.2, 0) is 6.42 Å². The number of hydrogen-bond donors (Lipinski definition) is 0. The first-order valence-electron chi connectivity index (χ1n) is 6.67. The summed E-state index contributed by atoms with van der Waals surface area (Å²) in [5.74, 6) is 1.37. The van der Waals surface area contributed by atoms with Crippen LogP contribution in [0.4, 0.5) is 0 Å². The quantitative estimate of drug-likeness (QED) is 0.528. The number of allylic oxidation sites excluding steroid dienone is 1. The van der Waals surface area contributed by atoms with Crippen molar-refractivity contribution in [3.63, 3.8) is 0 Å². The molecule has 1 unspecified atom stereocenters. The topological polar surface area (TPSA) is 17.1 Å². The molecule has 0 saturated carbocycles. The third kappa shape index (κ3) is 3.83. The van der Waals surface area contributed by atoms with E-state index in [2.05, 4.69) is 39.5 Å². The van der Waals surface area contributed by atoms with Crippen molar-refractivity contribution in [2.24, 2.45) is 11.8 Å². The molecule has 0 amide bonds. The third-order valence-corrected chi connectivity index (χ3v) is 3.65. The van der Waals surface area contributed by atoms with Gasteiger partial charge in [0.25, 0.3) is 0 Å². The van der Waals surface area contributed by atoms with Gasteiger partial charge in [-0.25, -0.2) is 0 Å². The summed E-state index contributed by atoms with van der Waals surface area (Å²) in [6.45, 7) is 12.1. The standard InChI is InChI=1S/C17H24O/c1-6-7-15(12(2)3)10-17-11-16(14(5)18)9-8-13(17)4/h6,8-9,11-12,15H,1,7,10H2,2-5H3. The molecule has 0 aliphatic heterocycles. The normalized spacial score (nSPS) is 12.5. The largest absolute Gasteiger partial charge is 0.295 e. The van der Waals surface area contributed by atoms with Crippen molar-refractivity contribution in [1.29, 1.82) is 0 Å². The number of carbonyl (C=O) groups excluding carboxylic acids is 1. The summed E-state index contributed by atoms with van der Waals surface area (Å²) in [5.41, 5.74) is 3.38. The Morgan fingerprint density at radius 1 is 1.39 bits per heavy atom. The number of aryl methyl sites for hydroxylation is 1. The van der Waals surface area contributed by atoms with Crippen LogP contribution in [-0.4, -0.2) is 5.78 Å². The van der Waals surface area contributed by atoms with Gasteiger partial charge in [-0.15, -0.1) is 6.58 Å². The smallest absolute Gasteiger partial charge is 0.159 e. The second-order valence-electron chi connectivity index (χ2n) is 5.43. The van der Waals surface area contributed by atoms with Crippen molar-refractivity contribution in [2.45, 2.75) is 40.5 Å². The average Bonchev–Trinajstić information content (AvgIpc) is 2.30. The van der Waals surface area contributed by atoms with E-state index in [1.165, 1.54) is 11.1 Å². The molecule has 0 saturated heterocycles. The molecular weight excluding hydrogens is 220 g/mol. The Morgan fingerprint density at radius 2 is 2.06 bits per heavy atom. The zero-order chi connectivity index (χ0) is 13.7. The van der Waals surface area contributed by atoms with Crippen molar-refractivity contribution < 1.29 is 4.79 Å². The fourth-order valence-electron chi connectivity index (χ4n) is 2.20. The molecule has 0 heterocycles. The van der Waals surface area contributed by atoms with Crippen LogP contribution in [0.2, 0.25) is 0 Å². The molecule has 1 aromatic carbocycles. The van der Waals surface area contributed by atoms with Gasteiger partial charge >= 0.3 is 0 Å². The minimum atomic E-state index is 0.140. The Kier molecular flexibility index (Phi) is 5.33. The molecular formula is C17H24O. The predicted molar refractivity (Wildman–Crippen MR) is 78.0 cm³/mol. The zero-order valence-electron chi connectivity index (χ0n) is 12.0. The highest BCUT2D eigenvalue weighted by atomic mass is 16.1. The Hall–Kier alpha value is -1.37. The van der Waals surface area contributed by atoms with Crippen LogP contribution in [0.5, 0.6) is 0 Å². The summed E-state index contributed by atoms with van der Waals surface area (Å²) in [5, 5.41) is 0. The molecule has 1 rings (SSSR count). The van der Waals surface area contributed by atoms with Crippen molar-refractivity contribution in [3.05, 3.63) is 47.5 Å². The van der Waals surface area contributed by atoms with E-state index in [1.54, 1.807) is 6.92 Å². The number of ketones is 1. The molecule has 0 N–H and O–H groups in total. The molecule has 1 atom stereocenters. The van der Waals surface area contributed by atoms with Crippen LogP contribution < -0.4 is 0 Å². The molecule has 1 nitrogen and oxygen atoms in total. The maximum absolute atomic E-state index is 11.4. The van der Waals surface area contributed by atoms with Gasteiger partial charge in [-0.05, 0) is 55.7 Å². The Labute approximate surface area is 111 Å². The van der Waals surface area contributed by atoms with Crippen molar-refractivity contribution >= 4 is 5.78 Å². The van der Waals surface area contributed by atoms with Gasteiger partial charge in [0, 0.05) is 5.56 Å². The highest BCUT2D eigenvalue weighted by Gasteiger charge is 2.14. The average molecular weight is 244 g/mol. The van der Waals surface area contributed by atoms with Crippen LogP contribution in [0.1, 0.15) is 48.7 Å². The van der Waals surface area contributed by atoms with Crippen molar-refractivity contribution in [2.75, 3.05) is 0 Å². The fraction of sp³-hybridized carbons (Fsp3) is 0.471. The predicted octanol–water partition coefficient (Wildman–Crippen LogP) is 4.59. The lowest BCUT2D eigenvalue weighted by Gasteiger charge is -2.20. The van der Waals surface area contributed by atoms with Crippen molar-refractivity contribution in [1.82, 2.24) is 0 Å². The van der Waals surface area contributed by atoms with Gasteiger partial charge in [0.05, 0.1) is 0 Å². The first kappa shape index (κ1) is 14.7. The molecule has 0 radical (unpaired) electrons. The second-order valence-corrected chi connectivity index (χ2v) is 5.43. The second kappa shape index (κ2) is 6.53. The summed E-state index contributed by atoms with van der Waals surface area (Å²) in [6.07, 6.45) is 4.05. The zero-order valence-corrected chi connectivity index (χ0v) is 12.0. The van der Waals surface area contributed by atoms with E-state index in [-0.39, 0.29) is 5.78 Å². The fourth-order valence-corrected chi connectivity index (χ4v) is 2.20. The van der Waals surface area contributed by atoms with E-state index >= 15 is 0 Å². The monoisotopic (exact) mass is 244 g/mol. The minimum absolute atomic E-state index is 0.140. The Balaban J connectivity index is 2.97. The Bertz CT molecular complexity index is 429. The van der Waals surface area contributed by atoms with Crippen LogP contribution in [0.25, 0.3) is 0 Å². The van der Waals surface area contributed by atoms with E-state index in [0.29, 0.717) is 11.8 Å². The van der Waals surface area contributed by atoms with Crippen molar-refractivity contribution in [3.8, 4) is 0 Å². The summed E-state index contributed by atoms with van der Waals surface area (Å²) in [7, 11) is 0. The van der Waals surface area contributed by atoms with Gasteiger partial charge < -0.3 is 0 Å². The molecule has 0 bridgehead atoms. The van der Waals surface area contributed by atoms with Crippen LogP contribution in [0, 0.1) is 18.8 Å². The van der Waals surface area contributed by atoms with Gasteiger partial charge in [0.15, 0.2) is 5.78 Å². The van der Waals surface area contributed by atoms with E-state index < -0.39 is 0 Å². The van der Waals surface area contributed by atoms with Gasteiger partial charge in [-0.1, -0.05) is 32.1 Å². The molecule has 0 spiro atoms. The van der Waals surface area contributed by atoms with E-state index in [4.69, 9.17) is 0 Å². The van der Waals surface area contributed by atoms with Gasteiger partial charge in [-0.3, -0.25) is 4.79 Å². The molecule has 1 aromatic rings. The molecule has 18 heavy (non-hydrogen) atoms. The number of rotatable bonds is 6. The maximum Gasteiger partial charge on any atom is 0.159 e. The van der Waals surface area contributed by atoms with E-state index in [1.807, 2.05) is 12.1 Å². The first-order valence-corrected chi connectivity index (χ1v) is 6.67. The number of benzene rings is 1. The highest BCUT2D eigenvalue weighted by molar-refractivity contribution is 5.94. The summed E-state index contributed by atoms with van der Waals surface area (Å²) in [6, 6.07) is 6.02. The van der Waals surface area contributed by atoms with Gasteiger partial charge in [0.1, 0.15) is 0 Å². The van der Waals surface area contributed by atoms with Gasteiger partial charge in [0.2, 0.25) is 0 Å². The van der Waals surface area contributed by atoms with Crippen LogP contribution in [0.15, 0.2) is 30.9 Å². The SMILES string of the molecule is C=CCC(Cc1cc(C(C)=O)ccc1C)C(C)C. The minimum Gasteiger partial charge on any atom is -0.295 e. The van der Waals surface area contributed by atoms with Crippen LogP contribution >= 0.6 is 0 Å². The highest BCUT2D eigenvalue weighted by Crippen LogP contribution is 2.23. The number of hydrogen-bond acceptors (Lipinski definition) is 1. The lowest BCUT2D eigenvalue weighted by Crippen LogP contribution is -2.12.